The molecule has 0 atom stereocenters. The Labute approximate surface area is 131 Å². The van der Waals surface area contributed by atoms with Gasteiger partial charge in [0, 0.05) is 13.0 Å². The van der Waals surface area contributed by atoms with Crippen LogP contribution in [-0.2, 0) is 16.4 Å². The first kappa shape index (κ1) is 14.9. The number of aromatic nitrogens is 2. The smallest absolute Gasteiger partial charge is 0.240 e. The Kier molecular flexibility index (Phi) is 4.32. The van der Waals surface area contributed by atoms with Crippen molar-refractivity contribution in [1.29, 1.82) is 0 Å². The predicted molar refractivity (Wildman–Crippen MR) is 82.9 cm³/mol. The number of sulfonamides is 1. The number of hydrogen-bond donors (Lipinski definition) is 1. The van der Waals surface area contributed by atoms with Crippen LogP contribution in [0.4, 0.5) is 0 Å². The molecule has 0 fully saturated rings. The summed E-state index contributed by atoms with van der Waals surface area (Å²) in [6.07, 6.45) is 0.338. The zero-order chi connectivity index (χ0) is 15.4. The maximum atomic E-state index is 12.0. The first-order chi connectivity index (χ1) is 10.6. The highest BCUT2D eigenvalue weighted by atomic mass is 32.2. The maximum Gasteiger partial charge on any atom is 0.240 e. The molecule has 0 aliphatic carbocycles. The van der Waals surface area contributed by atoms with E-state index < -0.39 is 10.0 Å². The van der Waals surface area contributed by atoms with Crippen LogP contribution in [0.25, 0.3) is 10.7 Å². The highest BCUT2D eigenvalue weighted by Crippen LogP contribution is 2.21. The summed E-state index contributed by atoms with van der Waals surface area (Å²) < 4.78 is 31.7. The fraction of sp³-hybridized carbons (Fsp3) is 0.143. The third-order valence-electron chi connectivity index (χ3n) is 2.89. The van der Waals surface area contributed by atoms with E-state index in [1.807, 2.05) is 17.5 Å². The van der Waals surface area contributed by atoms with Crippen molar-refractivity contribution in [1.82, 2.24) is 14.9 Å². The molecule has 3 aromatic rings. The molecule has 0 radical (unpaired) electrons. The van der Waals surface area contributed by atoms with E-state index >= 15 is 0 Å². The summed E-state index contributed by atoms with van der Waals surface area (Å²) in [4.78, 5) is 5.40. The fourth-order valence-electron chi connectivity index (χ4n) is 1.84. The second kappa shape index (κ2) is 6.39. The zero-order valence-electron chi connectivity index (χ0n) is 11.5. The summed E-state index contributed by atoms with van der Waals surface area (Å²) in [5, 5.41) is 5.81. The molecule has 8 heteroatoms. The van der Waals surface area contributed by atoms with Crippen LogP contribution in [0.1, 0.15) is 5.89 Å². The van der Waals surface area contributed by atoms with E-state index in [4.69, 9.17) is 4.52 Å². The van der Waals surface area contributed by atoms with Gasteiger partial charge in [-0.15, -0.1) is 11.3 Å². The number of hydrogen-bond acceptors (Lipinski definition) is 6. The van der Waals surface area contributed by atoms with E-state index in [9.17, 15) is 8.42 Å². The van der Waals surface area contributed by atoms with Gasteiger partial charge in [0.1, 0.15) is 0 Å². The molecule has 114 valence electrons. The Morgan fingerprint density at radius 2 is 1.95 bits per heavy atom. The SMILES string of the molecule is O=S(=O)(NCCc1nc(-c2cccs2)no1)c1ccccc1. The molecule has 0 aliphatic heterocycles. The monoisotopic (exact) mass is 335 g/mol. The largest absolute Gasteiger partial charge is 0.339 e. The van der Waals surface area contributed by atoms with Crippen LogP contribution in [0.3, 0.4) is 0 Å². The highest BCUT2D eigenvalue weighted by molar-refractivity contribution is 7.89. The van der Waals surface area contributed by atoms with Gasteiger partial charge in [-0.3, -0.25) is 0 Å². The van der Waals surface area contributed by atoms with E-state index in [0.717, 1.165) is 4.88 Å². The van der Waals surface area contributed by atoms with Gasteiger partial charge in [-0.05, 0) is 23.6 Å². The molecule has 0 saturated heterocycles. The van der Waals surface area contributed by atoms with Crippen LogP contribution in [0, 0.1) is 0 Å². The minimum absolute atomic E-state index is 0.198. The Bertz CT molecular complexity index is 827. The summed E-state index contributed by atoms with van der Waals surface area (Å²) in [5.74, 6) is 0.926. The molecular weight excluding hydrogens is 322 g/mol. The van der Waals surface area contributed by atoms with Crippen LogP contribution in [0.5, 0.6) is 0 Å². The predicted octanol–water partition coefficient (Wildman–Crippen LogP) is 2.32. The van der Waals surface area contributed by atoms with Gasteiger partial charge < -0.3 is 4.52 Å². The van der Waals surface area contributed by atoms with Crippen LogP contribution >= 0.6 is 11.3 Å². The Morgan fingerprint density at radius 1 is 1.14 bits per heavy atom. The normalized spacial score (nSPS) is 11.6. The van der Waals surface area contributed by atoms with E-state index in [1.165, 1.54) is 11.3 Å². The minimum Gasteiger partial charge on any atom is -0.339 e. The fourth-order valence-corrected chi connectivity index (χ4v) is 3.54. The average Bonchev–Trinajstić information content (AvgIpc) is 3.19. The van der Waals surface area contributed by atoms with Gasteiger partial charge in [0.05, 0.1) is 9.77 Å². The van der Waals surface area contributed by atoms with Gasteiger partial charge in [-0.2, -0.15) is 4.98 Å². The van der Waals surface area contributed by atoms with Crippen molar-refractivity contribution in [3.8, 4) is 10.7 Å². The Hall–Kier alpha value is -2.03. The molecule has 0 amide bonds. The van der Waals surface area contributed by atoms with Crippen molar-refractivity contribution in [2.24, 2.45) is 0 Å². The van der Waals surface area contributed by atoms with Crippen molar-refractivity contribution >= 4 is 21.4 Å². The lowest BCUT2D eigenvalue weighted by molar-refractivity contribution is 0.379. The topological polar surface area (TPSA) is 85.1 Å². The Morgan fingerprint density at radius 3 is 2.68 bits per heavy atom. The molecule has 22 heavy (non-hydrogen) atoms. The summed E-state index contributed by atoms with van der Waals surface area (Å²) >= 11 is 1.52. The van der Waals surface area contributed by atoms with Crippen molar-refractivity contribution in [3.05, 3.63) is 53.7 Å². The quantitative estimate of drug-likeness (QED) is 0.747. The molecule has 0 bridgehead atoms. The number of benzene rings is 1. The third kappa shape index (κ3) is 3.41. The third-order valence-corrected chi connectivity index (χ3v) is 5.24. The van der Waals surface area contributed by atoms with E-state index in [-0.39, 0.29) is 11.4 Å². The number of rotatable bonds is 6. The molecule has 1 N–H and O–H groups in total. The molecule has 6 nitrogen and oxygen atoms in total. The van der Waals surface area contributed by atoms with Crippen LogP contribution in [0.15, 0.2) is 57.3 Å². The molecule has 0 aliphatic rings. The summed E-state index contributed by atoms with van der Waals surface area (Å²) in [5.41, 5.74) is 0. The van der Waals surface area contributed by atoms with Crippen LogP contribution in [0.2, 0.25) is 0 Å². The second-order valence-electron chi connectivity index (χ2n) is 4.45. The van der Waals surface area contributed by atoms with Crippen molar-refractivity contribution in [2.45, 2.75) is 11.3 Å². The molecular formula is C14H13N3O3S2. The van der Waals surface area contributed by atoms with E-state index in [1.54, 1.807) is 30.3 Å². The molecule has 1 aromatic carbocycles. The van der Waals surface area contributed by atoms with Gasteiger partial charge in [0.2, 0.25) is 21.7 Å². The number of thiophene rings is 1. The molecule has 3 rings (SSSR count). The lowest BCUT2D eigenvalue weighted by Crippen LogP contribution is -2.26. The summed E-state index contributed by atoms with van der Waals surface area (Å²) in [6, 6.07) is 12.0. The minimum atomic E-state index is -3.50. The summed E-state index contributed by atoms with van der Waals surface area (Å²) in [6.45, 7) is 0.198. The molecule has 2 aromatic heterocycles. The van der Waals surface area contributed by atoms with Crippen LogP contribution < -0.4 is 4.72 Å². The molecule has 2 heterocycles. The average molecular weight is 335 g/mol. The molecule has 0 unspecified atom stereocenters. The van der Waals surface area contributed by atoms with Gasteiger partial charge in [-0.25, -0.2) is 13.1 Å². The zero-order valence-corrected chi connectivity index (χ0v) is 13.1. The molecule has 0 saturated carbocycles. The van der Waals surface area contributed by atoms with Crippen molar-refractivity contribution < 1.29 is 12.9 Å². The second-order valence-corrected chi connectivity index (χ2v) is 7.16. The maximum absolute atomic E-state index is 12.0. The van der Waals surface area contributed by atoms with Crippen LogP contribution in [-0.4, -0.2) is 25.1 Å². The van der Waals surface area contributed by atoms with Gasteiger partial charge in [0.15, 0.2) is 0 Å². The summed E-state index contributed by atoms with van der Waals surface area (Å²) in [7, 11) is -3.50. The Balaban J connectivity index is 1.60. The lowest BCUT2D eigenvalue weighted by Gasteiger charge is -2.04. The standard InChI is InChI=1S/C14H13N3O3S2/c18-22(19,11-5-2-1-3-6-11)15-9-8-13-16-14(17-20-13)12-7-4-10-21-12/h1-7,10,15H,8-9H2. The van der Waals surface area contributed by atoms with Gasteiger partial charge in [-0.1, -0.05) is 29.4 Å². The number of nitrogens with one attached hydrogen (secondary N) is 1. The van der Waals surface area contributed by atoms with Crippen molar-refractivity contribution in [3.63, 3.8) is 0 Å². The molecule has 0 spiro atoms. The van der Waals surface area contributed by atoms with E-state index in [0.29, 0.717) is 18.1 Å². The van der Waals surface area contributed by atoms with E-state index in [2.05, 4.69) is 14.9 Å². The lowest BCUT2D eigenvalue weighted by atomic mass is 10.4. The van der Waals surface area contributed by atoms with Gasteiger partial charge in [0.25, 0.3) is 0 Å². The first-order valence-electron chi connectivity index (χ1n) is 6.56. The van der Waals surface area contributed by atoms with Gasteiger partial charge >= 0.3 is 0 Å². The first-order valence-corrected chi connectivity index (χ1v) is 8.92. The highest BCUT2D eigenvalue weighted by Gasteiger charge is 2.14. The number of nitrogens with zero attached hydrogens (tertiary/aromatic N) is 2. The van der Waals surface area contributed by atoms with Crippen molar-refractivity contribution in [2.75, 3.05) is 6.54 Å².